The lowest BCUT2D eigenvalue weighted by Crippen LogP contribution is -2.52. The first kappa shape index (κ1) is 12.4. The van der Waals surface area contributed by atoms with Gasteiger partial charge in [-0.25, -0.2) is 4.39 Å². The van der Waals surface area contributed by atoms with Crippen molar-refractivity contribution in [1.29, 1.82) is 0 Å². The van der Waals surface area contributed by atoms with Crippen LogP contribution in [0.1, 0.15) is 26.3 Å². The molecule has 2 aromatic carbocycles. The van der Waals surface area contributed by atoms with Gasteiger partial charge >= 0.3 is 0 Å². The number of hydrogen-bond acceptors (Lipinski definition) is 3. The lowest BCUT2D eigenvalue weighted by atomic mass is 10.0. The van der Waals surface area contributed by atoms with E-state index in [2.05, 4.69) is 4.57 Å². The minimum absolute atomic E-state index is 0.189. The molecule has 0 spiro atoms. The van der Waals surface area contributed by atoms with Gasteiger partial charge in [-0.1, -0.05) is 0 Å². The van der Waals surface area contributed by atoms with Crippen molar-refractivity contribution in [2.75, 3.05) is 25.5 Å². The van der Waals surface area contributed by atoms with Crippen LogP contribution in [0.5, 0.6) is 5.75 Å². The monoisotopic (exact) mass is 354 g/mol. The smallest absolute Gasteiger partial charge is 0.258 e. The van der Waals surface area contributed by atoms with Crippen LogP contribution in [0.4, 0.5) is 10.1 Å². The first-order chi connectivity index (χ1) is 13.7. The van der Waals surface area contributed by atoms with Crippen LogP contribution in [0.3, 0.4) is 0 Å². The summed E-state index contributed by atoms with van der Waals surface area (Å²) >= 11 is 0. The Morgan fingerprint density at radius 2 is 2.08 bits per heavy atom. The number of rotatable bonds is 1. The molecule has 26 heavy (non-hydrogen) atoms. The third kappa shape index (κ3) is 1.92. The number of anilines is 1. The van der Waals surface area contributed by atoms with Crippen LogP contribution in [0, 0.1) is 5.82 Å². The van der Waals surface area contributed by atoms with Gasteiger partial charge in [0, 0.05) is 31.0 Å². The van der Waals surface area contributed by atoms with Crippen molar-refractivity contribution in [3.63, 3.8) is 0 Å². The fourth-order valence-corrected chi connectivity index (χ4v) is 4.18. The summed E-state index contributed by atoms with van der Waals surface area (Å²) in [5.74, 6) is -0.353. The molecule has 5 nitrogen and oxygen atoms in total. The number of carbonyl (C=O) groups is 1. The summed E-state index contributed by atoms with van der Waals surface area (Å²) in [5.41, 5.74) is 2.91. The number of nitrogens with zero attached hydrogens (tertiary/aromatic N) is 3. The molecule has 5 rings (SSSR count). The van der Waals surface area contributed by atoms with Gasteiger partial charge in [-0.3, -0.25) is 4.79 Å². The second-order valence-corrected chi connectivity index (χ2v) is 6.69. The van der Waals surface area contributed by atoms with Crippen LogP contribution >= 0.6 is 0 Å². The molecule has 0 saturated heterocycles. The highest BCUT2D eigenvalue weighted by Crippen LogP contribution is 2.42. The largest absolute Gasteiger partial charge is 0.497 e. The number of fused-ring (bicyclic) bond motifs is 6. The number of halogens is 1. The SMILES string of the molecule is [2H]C([2H])([2H])Oc1ccc2c(c1)cc1n2CCN2C(=O)c3cc(F)ccc3N(C)C12. The first-order valence-electron chi connectivity index (χ1n) is 9.88. The lowest BCUT2D eigenvalue weighted by molar-refractivity contribution is 0.0601. The molecule has 132 valence electrons. The molecule has 0 aliphatic carbocycles. The van der Waals surface area contributed by atoms with Crippen LogP contribution < -0.4 is 9.64 Å². The molecule has 0 saturated carbocycles. The van der Waals surface area contributed by atoms with Crippen molar-refractivity contribution in [2.24, 2.45) is 0 Å². The summed E-state index contributed by atoms with van der Waals surface area (Å²) < 4.78 is 42.7. The molecule has 6 heteroatoms. The van der Waals surface area contributed by atoms with Gasteiger partial charge in [-0.2, -0.15) is 0 Å². The topological polar surface area (TPSA) is 37.7 Å². The lowest BCUT2D eigenvalue weighted by Gasteiger charge is -2.46. The van der Waals surface area contributed by atoms with Gasteiger partial charge in [0.2, 0.25) is 0 Å². The molecule has 3 aromatic rings. The molecule has 1 unspecified atom stereocenters. The number of hydrogen-bond donors (Lipinski definition) is 0. The Morgan fingerprint density at radius 3 is 2.92 bits per heavy atom. The molecule has 1 aromatic heterocycles. The van der Waals surface area contributed by atoms with Gasteiger partial charge in [0.25, 0.3) is 5.91 Å². The van der Waals surface area contributed by atoms with E-state index >= 15 is 0 Å². The van der Waals surface area contributed by atoms with Crippen molar-refractivity contribution < 1.29 is 18.0 Å². The van der Waals surface area contributed by atoms with Crippen molar-refractivity contribution in [3.8, 4) is 5.75 Å². The Morgan fingerprint density at radius 1 is 1.19 bits per heavy atom. The third-order valence-electron chi connectivity index (χ3n) is 5.34. The predicted octanol–water partition coefficient (Wildman–Crippen LogP) is 3.39. The molecule has 2 aliphatic rings. The Kier molecular flexibility index (Phi) is 2.49. The second kappa shape index (κ2) is 5.24. The Hall–Kier alpha value is -3.02. The molecule has 0 fully saturated rings. The normalized spacial score (nSPS) is 20.8. The van der Waals surface area contributed by atoms with Crippen LogP contribution in [-0.2, 0) is 6.54 Å². The van der Waals surface area contributed by atoms with E-state index in [1.807, 2.05) is 24.1 Å². The summed E-state index contributed by atoms with van der Waals surface area (Å²) in [6.07, 6.45) is -0.325. The summed E-state index contributed by atoms with van der Waals surface area (Å²) in [4.78, 5) is 16.7. The van der Waals surface area contributed by atoms with E-state index in [-0.39, 0.29) is 17.8 Å². The van der Waals surface area contributed by atoms with Crippen molar-refractivity contribution in [2.45, 2.75) is 12.7 Å². The number of amides is 1. The van der Waals surface area contributed by atoms with E-state index in [1.165, 1.54) is 12.1 Å². The van der Waals surface area contributed by atoms with Crippen LogP contribution in [0.2, 0.25) is 0 Å². The van der Waals surface area contributed by atoms with Gasteiger partial charge in [-0.15, -0.1) is 0 Å². The van der Waals surface area contributed by atoms with Crippen LogP contribution in [-0.4, -0.2) is 36.0 Å². The van der Waals surface area contributed by atoms with Crippen molar-refractivity contribution >= 4 is 22.5 Å². The Labute approximate surface area is 154 Å². The molecule has 0 radical (unpaired) electrons. The second-order valence-electron chi connectivity index (χ2n) is 6.69. The summed E-state index contributed by atoms with van der Waals surface area (Å²) in [5, 5.41) is 0.842. The zero-order chi connectivity index (χ0) is 20.5. The van der Waals surface area contributed by atoms with Crippen molar-refractivity contribution in [1.82, 2.24) is 9.47 Å². The van der Waals surface area contributed by atoms with Crippen molar-refractivity contribution in [3.05, 3.63) is 59.5 Å². The quantitative estimate of drug-likeness (QED) is 0.672. The molecule has 2 aliphatic heterocycles. The van der Waals surface area contributed by atoms with Gasteiger partial charge in [0.15, 0.2) is 0 Å². The molecule has 0 N–H and O–H groups in total. The molecule has 1 atom stereocenters. The van der Waals surface area contributed by atoms with Gasteiger partial charge in [-0.05, 0) is 42.5 Å². The predicted molar refractivity (Wildman–Crippen MR) is 97.1 cm³/mol. The molecule has 1 amide bonds. The third-order valence-corrected chi connectivity index (χ3v) is 5.34. The standard InChI is InChI=1S/C20H18FN3O2/c1-22-17-5-3-13(21)11-15(17)20(25)24-8-7-23-16-6-4-14(26-2)9-12(16)10-18(23)19(22)24/h3-6,9-11,19H,7-8H2,1-2H3/i2D3. The summed E-state index contributed by atoms with van der Waals surface area (Å²) in [6.45, 7) is 1.09. The van der Waals surface area contributed by atoms with Crippen LogP contribution in [0.25, 0.3) is 10.9 Å². The van der Waals surface area contributed by atoms with Gasteiger partial charge in [0.05, 0.1) is 28.1 Å². The number of aromatic nitrogens is 1. The fourth-order valence-electron chi connectivity index (χ4n) is 4.18. The first-order valence-corrected chi connectivity index (χ1v) is 8.38. The molecule has 0 bridgehead atoms. The van der Waals surface area contributed by atoms with E-state index in [9.17, 15) is 9.18 Å². The zero-order valence-corrected chi connectivity index (χ0v) is 14.1. The summed E-state index contributed by atoms with van der Waals surface area (Å²) in [7, 11) is -0.629. The average molecular weight is 354 g/mol. The maximum atomic E-state index is 13.7. The Balaban J connectivity index is 1.62. The number of benzene rings is 2. The highest BCUT2D eigenvalue weighted by Gasteiger charge is 2.41. The zero-order valence-electron chi connectivity index (χ0n) is 17.1. The van der Waals surface area contributed by atoms with E-state index in [1.54, 1.807) is 23.1 Å². The maximum absolute atomic E-state index is 13.7. The minimum atomic E-state index is -2.52. The minimum Gasteiger partial charge on any atom is -0.497 e. The number of methoxy groups -OCH3 is 1. The van der Waals surface area contributed by atoms with Gasteiger partial charge < -0.3 is 19.1 Å². The van der Waals surface area contributed by atoms with E-state index < -0.39 is 12.9 Å². The average Bonchev–Trinajstić information content (AvgIpc) is 3.01. The number of carbonyl (C=O) groups excluding carboxylic acids is 1. The maximum Gasteiger partial charge on any atom is 0.258 e. The fraction of sp³-hybridized carbons (Fsp3) is 0.250. The molecular formula is C20H18FN3O2. The number of ether oxygens (including phenoxy) is 1. The highest BCUT2D eigenvalue weighted by atomic mass is 19.1. The molecule has 3 heterocycles. The Bertz CT molecular complexity index is 1160. The highest BCUT2D eigenvalue weighted by molar-refractivity contribution is 6.02. The molecular weight excluding hydrogens is 333 g/mol. The van der Waals surface area contributed by atoms with Gasteiger partial charge in [0.1, 0.15) is 17.7 Å². The van der Waals surface area contributed by atoms with Crippen LogP contribution in [0.15, 0.2) is 42.5 Å². The van der Waals surface area contributed by atoms with E-state index in [0.29, 0.717) is 24.3 Å². The van der Waals surface area contributed by atoms with E-state index in [4.69, 9.17) is 8.85 Å². The van der Waals surface area contributed by atoms with E-state index in [0.717, 1.165) is 16.6 Å². The summed E-state index contributed by atoms with van der Waals surface area (Å²) in [6, 6.07) is 11.4.